The average Bonchev–Trinajstić information content (AvgIpc) is 3.25. The van der Waals surface area contributed by atoms with Crippen LogP contribution in [0.1, 0.15) is 108 Å². The fraction of sp³-hybridized carbons (Fsp3) is 0.808. The van der Waals surface area contributed by atoms with Crippen LogP contribution >= 0.6 is 0 Å². The van der Waals surface area contributed by atoms with Gasteiger partial charge in [-0.2, -0.15) is 0 Å². The number of unbranched alkanes of at least 4 members (excludes halogenated alkanes) is 12. The molecule has 2 N–H and O–H groups in total. The van der Waals surface area contributed by atoms with Crippen molar-refractivity contribution >= 4 is 5.97 Å². The van der Waals surface area contributed by atoms with Gasteiger partial charge in [-0.05, 0) is 18.6 Å². The van der Waals surface area contributed by atoms with E-state index in [9.17, 15) is 4.79 Å². The summed E-state index contributed by atoms with van der Waals surface area (Å²) >= 11 is 0. The molecule has 186 valence electrons. The van der Waals surface area contributed by atoms with Crippen LogP contribution in [0.5, 0.6) is 0 Å². The summed E-state index contributed by atoms with van der Waals surface area (Å²) in [5.74, 6) is 1.32. The predicted molar refractivity (Wildman–Crippen MR) is 128 cm³/mol. The van der Waals surface area contributed by atoms with Crippen molar-refractivity contribution in [2.75, 3.05) is 26.4 Å². The lowest BCUT2D eigenvalue weighted by molar-refractivity contribution is -0.145. The Bertz CT molecular complexity index is 546. The van der Waals surface area contributed by atoms with Gasteiger partial charge in [0, 0.05) is 13.0 Å². The van der Waals surface area contributed by atoms with Crippen molar-refractivity contribution in [3.05, 3.63) is 23.7 Å². The molecular formula is C26H47NO5. The molecule has 0 saturated carbocycles. The molecule has 0 fully saturated rings. The number of esters is 1. The van der Waals surface area contributed by atoms with Crippen LogP contribution in [0.2, 0.25) is 0 Å². The van der Waals surface area contributed by atoms with Gasteiger partial charge in [-0.3, -0.25) is 4.79 Å². The Morgan fingerprint density at radius 2 is 1.47 bits per heavy atom. The molecule has 0 bridgehead atoms. The molecule has 0 atom stereocenters. The maximum atomic E-state index is 11.9. The molecule has 0 spiro atoms. The molecule has 0 aromatic carbocycles. The van der Waals surface area contributed by atoms with Gasteiger partial charge >= 0.3 is 5.97 Å². The molecule has 0 unspecified atom stereocenters. The Morgan fingerprint density at radius 1 is 0.875 bits per heavy atom. The number of rotatable bonds is 23. The predicted octanol–water partition coefficient (Wildman–Crippen LogP) is 5.90. The standard InChI is InChI=1S/C26H47NO5/c1-2-3-4-5-6-7-8-9-10-11-12-13-14-15-26(29)31-23-25-17-16-24(32-25)22-27-18-20-30-21-19-28/h16-17,27-28H,2-15,18-23H2,1H3. The topological polar surface area (TPSA) is 80.9 Å². The SMILES string of the molecule is CCCCCCCCCCCCCCCC(=O)OCc1ccc(CNCCOCCO)o1. The van der Waals surface area contributed by atoms with E-state index in [1.807, 2.05) is 12.1 Å². The molecule has 0 saturated heterocycles. The van der Waals surface area contributed by atoms with E-state index in [0.717, 1.165) is 18.6 Å². The minimum Gasteiger partial charge on any atom is -0.461 e. The molecule has 0 radical (unpaired) electrons. The number of carbonyl (C=O) groups excluding carboxylic acids is 1. The van der Waals surface area contributed by atoms with E-state index in [1.165, 1.54) is 70.6 Å². The normalized spacial score (nSPS) is 11.2. The maximum absolute atomic E-state index is 11.9. The van der Waals surface area contributed by atoms with Crippen molar-refractivity contribution < 1.29 is 23.8 Å². The molecular weight excluding hydrogens is 406 g/mol. The van der Waals surface area contributed by atoms with E-state index in [4.69, 9.17) is 19.0 Å². The molecule has 6 nitrogen and oxygen atoms in total. The zero-order chi connectivity index (χ0) is 23.1. The number of furan rings is 1. The maximum Gasteiger partial charge on any atom is 0.306 e. The van der Waals surface area contributed by atoms with Crippen molar-refractivity contribution in [1.82, 2.24) is 5.32 Å². The van der Waals surface area contributed by atoms with Gasteiger partial charge in [0.15, 0.2) is 0 Å². The molecule has 1 aromatic heterocycles. The van der Waals surface area contributed by atoms with E-state index in [-0.39, 0.29) is 19.2 Å². The minimum atomic E-state index is -0.148. The molecule has 0 aliphatic heterocycles. The fourth-order valence-electron chi connectivity index (χ4n) is 3.63. The van der Waals surface area contributed by atoms with Gasteiger partial charge in [-0.15, -0.1) is 0 Å². The van der Waals surface area contributed by atoms with Crippen LogP contribution in [-0.2, 0) is 27.4 Å². The summed E-state index contributed by atoms with van der Waals surface area (Å²) in [5, 5.41) is 11.8. The number of ether oxygens (including phenoxy) is 2. The Hall–Kier alpha value is -1.37. The number of hydrogen-bond acceptors (Lipinski definition) is 6. The first-order valence-corrected chi connectivity index (χ1v) is 12.9. The van der Waals surface area contributed by atoms with E-state index in [2.05, 4.69) is 12.2 Å². The van der Waals surface area contributed by atoms with E-state index in [0.29, 0.717) is 38.5 Å². The minimum absolute atomic E-state index is 0.0413. The summed E-state index contributed by atoms with van der Waals surface area (Å²) < 4.78 is 16.2. The van der Waals surface area contributed by atoms with Crippen molar-refractivity contribution in [2.24, 2.45) is 0 Å². The summed E-state index contributed by atoms with van der Waals surface area (Å²) in [6.45, 7) is 4.68. The average molecular weight is 454 g/mol. The van der Waals surface area contributed by atoms with Gasteiger partial charge in [0.2, 0.25) is 0 Å². The molecule has 1 rings (SSSR count). The van der Waals surface area contributed by atoms with Crippen LogP contribution in [0.25, 0.3) is 0 Å². The van der Waals surface area contributed by atoms with Gasteiger partial charge in [0.05, 0.1) is 26.4 Å². The van der Waals surface area contributed by atoms with Crippen molar-refractivity contribution in [1.29, 1.82) is 0 Å². The second-order valence-electron chi connectivity index (χ2n) is 8.53. The molecule has 0 aliphatic carbocycles. The summed E-state index contributed by atoms with van der Waals surface area (Å²) in [4.78, 5) is 11.9. The zero-order valence-electron chi connectivity index (χ0n) is 20.4. The molecule has 0 aliphatic rings. The molecule has 0 amide bonds. The Morgan fingerprint density at radius 3 is 2.09 bits per heavy atom. The molecule has 1 heterocycles. The molecule has 1 aromatic rings. The third-order valence-electron chi connectivity index (χ3n) is 5.54. The third-order valence-corrected chi connectivity index (χ3v) is 5.54. The first-order valence-electron chi connectivity index (χ1n) is 12.9. The van der Waals surface area contributed by atoms with Crippen LogP contribution in [0, 0.1) is 0 Å². The van der Waals surface area contributed by atoms with Crippen LogP contribution in [-0.4, -0.2) is 37.4 Å². The highest BCUT2D eigenvalue weighted by Crippen LogP contribution is 2.14. The van der Waals surface area contributed by atoms with Crippen molar-refractivity contribution in [3.63, 3.8) is 0 Å². The van der Waals surface area contributed by atoms with Crippen molar-refractivity contribution in [2.45, 2.75) is 110 Å². The summed E-state index contributed by atoms with van der Waals surface area (Å²) in [7, 11) is 0. The number of aliphatic hydroxyl groups excluding tert-OH is 1. The van der Waals surface area contributed by atoms with Crippen LogP contribution < -0.4 is 5.32 Å². The second-order valence-corrected chi connectivity index (χ2v) is 8.53. The number of hydrogen-bond donors (Lipinski definition) is 2. The summed E-state index contributed by atoms with van der Waals surface area (Å²) in [6.07, 6.45) is 17.4. The lowest BCUT2D eigenvalue weighted by atomic mass is 10.0. The molecule has 32 heavy (non-hydrogen) atoms. The van der Waals surface area contributed by atoms with Gasteiger partial charge < -0.3 is 24.3 Å². The Kier molecular flexibility index (Phi) is 19.2. The lowest BCUT2D eigenvalue weighted by Gasteiger charge is -2.05. The lowest BCUT2D eigenvalue weighted by Crippen LogP contribution is -2.19. The largest absolute Gasteiger partial charge is 0.461 e. The Balaban J connectivity index is 1.90. The second kappa shape index (κ2) is 21.5. The quantitative estimate of drug-likeness (QED) is 0.158. The fourth-order valence-corrected chi connectivity index (χ4v) is 3.63. The highest BCUT2D eigenvalue weighted by atomic mass is 16.5. The highest BCUT2D eigenvalue weighted by molar-refractivity contribution is 5.69. The zero-order valence-corrected chi connectivity index (χ0v) is 20.4. The van der Waals surface area contributed by atoms with Crippen LogP contribution in [0.3, 0.4) is 0 Å². The Labute approximate surface area is 195 Å². The van der Waals surface area contributed by atoms with Gasteiger partial charge in [0.1, 0.15) is 18.1 Å². The number of nitrogens with one attached hydrogen (secondary N) is 1. The van der Waals surface area contributed by atoms with E-state index in [1.54, 1.807) is 0 Å². The first-order chi connectivity index (χ1) is 15.8. The van der Waals surface area contributed by atoms with Crippen LogP contribution in [0.15, 0.2) is 16.5 Å². The van der Waals surface area contributed by atoms with E-state index >= 15 is 0 Å². The van der Waals surface area contributed by atoms with Gasteiger partial charge in [-0.25, -0.2) is 0 Å². The number of carbonyl (C=O) groups is 1. The third kappa shape index (κ3) is 17.2. The van der Waals surface area contributed by atoms with Crippen LogP contribution in [0.4, 0.5) is 0 Å². The smallest absolute Gasteiger partial charge is 0.306 e. The summed E-state index contributed by atoms with van der Waals surface area (Å²) in [5.41, 5.74) is 0. The van der Waals surface area contributed by atoms with Gasteiger partial charge in [-0.1, -0.05) is 84.0 Å². The molecule has 6 heteroatoms. The van der Waals surface area contributed by atoms with E-state index < -0.39 is 0 Å². The monoisotopic (exact) mass is 453 g/mol. The van der Waals surface area contributed by atoms with Crippen molar-refractivity contribution in [3.8, 4) is 0 Å². The van der Waals surface area contributed by atoms with Gasteiger partial charge in [0.25, 0.3) is 0 Å². The number of aliphatic hydroxyl groups is 1. The first kappa shape index (κ1) is 28.7. The highest BCUT2D eigenvalue weighted by Gasteiger charge is 2.07. The summed E-state index contributed by atoms with van der Waals surface area (Å²) in [6, 6.07) is 3.73.